The maximum Gasteiger partial charge on any atom is 0.393 e. The molecule has 2 rings (SSSR count). The molecule has 0 aliphatic carbocycles. The molecule has 0 spiro atoms. The highest BCUT2D eigenvalue weighted by atomic mass is 35.5. The van der Waals surface area contributed by atoms with Crippen molar-refractivity contribution >= 4 is 29.1 Å². The van der Waals surface area contributed by atoms with Crippen molar-refractivity contribution in [1.82, 2.24) is 9.88 Å². The van der Waals surface area contributed by atoms with Crippen LogP contribution < -0.4 is 0 Å². The number of carbonyl (C=O) groups excluding carboxylic acids is 1. The van der Waals surface area contributed by atoms with E-state index in [1.165, 1.54) is 12.1 Å². The van der Waals surface area contributed by atoms with Crippen molar-refractivity contribution in [2.24, 2.45) is 5.92 Å². The van der Waals surface area contributed by atoms with Gasteiger partial charge in [0.05, 0.1) is 10.9 Å². The molecule has 0 radical (unpaired) electrons. The molecule has 1 aliphatic heterocycles. The summed E-state index contributed by atoms with van der Waals surface area (Å²) in [6.45, 7) is -0.108. The zero-order valence-corrected chi connectivity index (χ0v) is 11.8. The third kappa shape index (κ3) is 3.35. The van der Waals surface area contributed by atoms with Crippen LogP contribution in [0.2, 0.25) is 10.2 Å². The summed E-state index contributed by atoms with van der Waals surface area (Å²) in [4.78, 5) is 17.1. The van der Waals surface area contributed by atoms with Crippen LogP contribution in [-0.4, -0.2) is 35.1 Å². The van der Waals surface area contributed by atoms with E-state index in [4.69, 9.17) is 23.2 Å². The van der Waals surface area contributed by atoms with Crippen LogP contribution in [-0.2, 0) is 0 Å². The predicted octanol–water partition coefficient (Wildman–Crippen LogP) is 3.80. The largest absolute Gasteiger partial charge is 0.393 e. The normalized spacial score (nSPS) is 20.1. The van der Waals surface area contributed by atoms with Crippen molar-refractivity contribution in [3.05, 3.63) is 28.0 Å². The number of amides is 1. The molecule has 110 valence electrons. The first-order chi connectivity index (χ1) is 9.29. The van der Waals surface area contributed by atoms with Gasteiger partial charge in [0.2, 0.25) is 0 Å². The summed E-state index contributed by atoms with van der Waals surface area (Å²) in [6, 6.07) is 2.81. The van der Waals surface area contributed by atoms with Gasteiger partial charge in [-0.15, -0.1) is 0 Å². The van der Waals surface area contributed by atoms with Crippen LogP contribution in [0, 0.1) is 5.92 Å². The summed E-state index contributed by atoms with van der Waals surface area (Å²) < 4.78 is 38.2. The summed E-state index contributed by atoms with van der Waals surface area (Å²) in [5.41, 5.74) is -0.109. The number of pyridine rings is 1. The van der Waals surface area contributed by atoms with Crippen molar-refractivity contribution in [3.8, 4) is 0 Å². The highest BCUT2D eigenvalue weighted by Crippen LogP contribution is 2.33. The first kappa shape index (κ1) is 15.4. The van der Waals surface area contributed by atoms with Gasteiger partial charge in [-0.25, -0.2) is 4.98 Å². The number of halogens is 5. The lowest BCUT2D eigenvalue weighted by Gasteiger charge is -2.33. The Morgan fingerprint density at radius 1 is 1.35 bits per heavy atom. The highest BCUT2D eigenvalue weighted by molar-refractivity contribution is 6.34. The number of carbonyl (C=O) groups is 1. The lowest BCUT2D eigenvalue weighted by Crippen LogP contribution is -2.44. The summed E-state index contributed by atoms with van der Waals surface area (Å²) in [5, 5.41) is 0.149. The Morgan fingerprint density at radius 2 is 2.05 bits per heavy atom. The van der Waals surface area contributed by atoms with Crippen molar-refractivity contribution in [2.45, 2.75) is 19.0 Å². The molecule has 1 amide bonds. The minimum absolute atomic E-state index is 0.0317. The molecule has 20 heavy (non-hydrogen) atoms. The molecule has 8 heteroatoms. The average molecular weight is 327 g/mol. The number of hydrogen-bond donors (Lipinski definition) is 0. The third-order valence-electron chi connectivity index (χ3n) is 3.19. The standard InChI is InChI=1S/C12H11Cl2F3N2O/c13-8-3-4-9(14)18-10(8)11(20)19-5-1-2-7(6-19)12(15,16)17/h3-4,7H,1-2,5-6H2. The monoisotopic (exact) mass is 326 g/mol. The summed E-state index contributed by atoms with van der Waals surface area (Å²) in [7, 11) is 0. The van der Waals surface area contributed by atoms with Crippen LogP contribution in [0.4, 0.5) is 13.2 Å². The van der Waals surface area contributed by atoms with Gasteiger partial charge in [-0.05, 0) is 25.0 Å². The quantitative estimate of drug-likeness (QED) is 0.735. The molecular formula is C12H11Cl2F3N2O. The van der Waals surface area contributed by atoms with Crippen molar-refractivity contribution < 1.29 is 18.0 Å². The van der Waals surface area contributed by atoms with E-state index in [2.05, 4.69) is 4.98 Å². The van der Waals surface area contributed by atoms with Gasteiger partial charge in [0.15, 0.2) is 0 Å². The van der Waals surface area contributed by atoms with Gasteiger partial charge >= 0.3 is 6.18 Å². The molecule has 1 saturated heterocycles. The fourth-order valence-electron chi connectivity index (χ4n) is 2.15. The highest BCUT2D eigenvalue weighted by Gasteiger charge is 2.43. The Balaban J connectivity index is 2.18. The van der Waals surface area contributed by atoms with Crippen LogP contribution in [0.1, 0.15) is 23.3 Å². The smallest absolute Gasteiger partial charge is 0.337 e. The molecule has 0 bridgehead atoms. The number of hydrogen-bond acceptors (Lipinski definition) is 2. The molecule has 0 saturated carbocycles. The van der Waals surface area contributed by atoms with Gasteiger partial charge in [-0.3, -0.25) is 4.79 Å². The predicted molar refractivity (Wildman–Crippen MR) is 68.9 cm³/mol. The molecule has 0 N–H and O–H groups in total. The maximum absolute atomic E-state index is 12.7. The molecule has 2 heterocycles. The zero-order valence-electron chi connectivity index (χ0n) is 10.3. The maximum atomic E-state index is 12.7. The van der Waals surface area contributed by atoms with E-state index in [9.17, 15) is 18.0 Å². The zero-order chi connectivity index (χ0) is 14.9. The van der Waals surface area contributed by atoms with E-state index in [-0.39, 0.29) is 35.4 Å². The Hall–Kier alpha value is -1.01. The number of rotatable bonds is 1. The molecule has 1 atom stereocenters. The van der Waals surface area contributed by atoms with Gasteiger partial charge in [-0.2, -0.15) is 13.2 Å². The second kappa shape index (κ2) is 5.77. The van der Waals surface area contributed by atoms with Crippen LogP contribution in [0.3, 0.4) is 0 Å². The summed E-state index contributed by atoms with van der Waals surface area (Å²) in [6.07, 6.45) is -3.97. The number of alkyl halides is 3. The molecular weight excluding hydrogens is 316 g/mol. The van der Waals surface area contributed by atoms with E-state index in [1.807, 2.05) is 0 Å². The lowest BCUT2D eigenvalue weighted by atomic mass is 9.97. The van der Waals surface area contributed by atoms with E-state index >= 15 is 0 Å². The van der Waals surface area contributed by atoms with E-state index in [1.54, 1.807) is 0 Å². The number of likely N-dealkylation sites (tertiary alicyclic amines) is 1. The minimum Gasteiger partial charge on any atom is -0.337 e. The van der Waals surface area contributed by atoms with Crippen LogP contribution >= 0.6 is 23.2 Å². The Morgan fingerprint density at radius 3 is 2.70 bits per heavy atom. The molecule has 1 aliphatic rings. The summed E-state index contributed by atoms with van der Waals surface area (Å²) >= 11 is 11.5. The van der Waals surface area contributed by atoms with Crippen LogP contribution in [0.25, 0.3) is 0 Å². The van der Waals surface area contributed by atoms with E-state index in [0.29, 0.717) is 6.42 Å². The summed E-state index contributed by atoms with van der Waals surface area (Å²) in [5.74, 6) is -2.12. The van der Waals surface area contributed by atoms with E-state index in [0.717, 1.165) is 4.90 Å². The van der Waals surface area contributed by atoms with Crippen LogP contribution in [0.15, 0.2) is 12.1 Å². The van der Waals surface area contributed by atoms with Gasteiger partial charge < -0.3 is 4.90 Å². The van der Waals surface area contributed by atoms with Crippen LogP contribution in [0.5, 0.6) is 0 Å². The van der Waals surface area contributed by atoms with Crippen molar-refractivity contribution in [2.75, 3.05) is 13.1 Å². The Labute approximate surface area is 123 Å². The minimum atomic E-state index is -4.30. The van der Waals surface area contributed by atoms with Gasteiger partial charge in [-0.1, -0.05) is 23.2 Å². The molecule has 1 aromatic heterocycles. The molecule has 1 aromatic rings. The Bertz CT molecular complexity index is 522. The number of aromatic nitrogens is 1. The van der Waals surface area contributed by atoms with Gasteiger partial charge in [0, 0.05) is 13.1 Å². The third-order valence-corrected chi connectivity index (χ3v) is 3.70. The molecule has 1 unspecified atom stereocenters. The SMILES string of the molecule is O=C(c1nc(Cl)ccc1Cl)N1CCCC(C(F)(F)F)C1. The molecule has 1 fully saturated rings. The van der Waals surface area contributed by atoms with Gasteiger partial charge in [0.25, 0.3) is 5.91 Å². The fourth-order valence-corrected chi connectivity index (χ4v) is 2.48. The first-order valence-corrected chi connectivity index (χ1v) is 6.72. The first-order valence-electron chi connectivity index (χ1n) is 5.97. The van der Waals surface area contributed by atoms with E-state index < -0.39 is 18.0 Å². The second-order valence-electron chi connectivity index (χ2n) is 4.60. The number of nitrogens with zero attached hydrogens (tertiary/aromatic N) is 2. The average Bonchev–Trinajstić information content (AvgIpc) is 2.40. The Kier molecular flexibility index (Phi) is 4.44. The number of piperidine rings is 1. The molecule has 3 nitrogen and oxygen atoms in total. The van der Waals surface area contributed by atoms with Crippen molar-refractivity contribution in [3.63, 3.8) is 0 Å². The fraction of sp³-hybridized carbons (Fsp3) is 0.500. The second-order valence-corrected chi connectivity index (χ2v) is 5.39. The van der Waals surface area contributed by atoms with Gasteiger partial charge in [0.1, 0.15) is 10.8 Å². The molecule has 0 aromatic carbocycles. The topological polar surface area (TPSA) is 33.2 Å². The lowest BCUT2D eigenvalue weighted by molar-refractivity contribution is -0.184. The van der Waals surface area contributed by atoms with Crippen molar-refractivity contribution in [1.29, 1.82) is 0 Å².